The Balaban J connectivity index is 1.45. The third-order valence-corrected chi connectivity index (χ3v) is 6.81. The summed E-state index contributed by atoms with van der Waals surface area (Å²) in [5.41, 5.74) is 0.991. The summed E-state index contributed by atoms with van der Waals surface area (Å²) < 4.78 is 32.3. The van der Waals surface area contributed by atoms with Crippen molar-refractivity contribution in [3.63, 3.8) is 0 Å². The van der Waals surface area contributed by atoms with Gasteiger partial charge in [-0.05, 0) is 48.5 Å². The van der Waals surface area contributed by atoms with Crippen LogP contribution in [-0.4, -0.2) is 38.4 Å². The number of sulfonamides is 1. The van der Waals surface area contributed by atoms with Crippen molar-refractivity contribution in [2.75, 3.05) is 22.0 Å². The number of thiazole rings is 1. The maximum absolute atomic E-state index is 12.8. The molecule has 2 aromatic carbocycles. The van der Waals surface area contributed by atoms with E-state index >= 15 is 0 Å². The molecule has 2 amide bonds. The predicted octanol–water partition coefficient (Wildman–Crippen LogP) is 2.70. The molecule has 2 heterocycles. The van der Waals surface area contributed by atoms with Crippen LogP contribution in [-0.2, 0) is 19.6 Å². The van der Waals surface area contributed by atoms with Gasteiger partial charge in [0.05, 0.1) is 24.1 Å². The molecule has 0 saturated carbocycles. The first kappa shape index (κ1) is 20.8. The monoisotopic (exact) mass is 458 g/mol. The lowest BCUT2D eigenvalue weighted by atomic mass is 10.2. The van der Waals surface area contributed by atoms with Crippen LogP contribution in [0, 0.1) is 0 Å². The van der Waals surface area contributed by atoms with Gasteiger partial charge >= 0.3 is 0 Å². The Morgan fingerprint density at radius 1 is 1.10 bits per heavy atom. The molecule has 1 aliphatic rings. The topological polar surface area (TPSA) is 118 Å². The van der Waals surface area contributed by atoms with E-state index in [1.807, 2.05) is 0 Å². The van der Waals surface area contributed by atoms with Crippen molar-refractivity contribution in [3.8, 4) is 5.75 Å². The highest BCUT2D eigenvalue weighted by Gasteiger charge is 2.39. The lowest BCUT2D eigenvalue weighted by Gasteiger charge is -2.16. The summed E-state index contributed by atoms with van der Waals surface area (Å²) >= 11 is 1.17. The van der Waals surface area contributed by atoms with Crippen LogP contribution in [0.2, 0.25) is 0 Å². The molecule has 4 rings (SSSR count). The van der Waals surface area contributed by atoms with Gasteiger partial charge in [-0.3, -0.25) is 14.3 Å². The molecule has 0 aliphatic carbocycles. The van der Waals surface area contributed by atoms with Gasteiger partial charge in [0.2, 0.25) is 5.91 Å². The van der Waals surface area contributed by atoms with E-state index in [4.69, 9.17) is 4.74 Å². The Kier molecular flexibility index (Phi) is 5.61. The number of aromatic nitrogens is 1. The van der Waals surface area contributed by atoms with E-state index in [-0.39, 0.29) is 28.3 Å². The number of imide groups is 1. The number of anilines is 3. The molecule has 0 spiro atoms. The highest BCUT2D eigenvalue weighted by molar-refractivity contribution is 7.93. The van der Waals surface area contributed by atoms with Crippen LogP contribution in [0.25, 0.3) is 0 Å². The molecule has 2 N–H and O–H groups in total. The average molecular weight is 459 g/mol. The first-order chi connectivity index (χ1) is 14.9. The van der Waals surface area contributed by atoms with Gasteiger partial charge in [-0.15, -0.1) is 11.3 Å². The SMILES string of the molecule is COc1ccc(N2C(=O)C[C@H](Nc3ccc(S(=O)(=O)Nc4nccs4)cc3)C2=O)cc1. The Labute approximate surface area is 182 Å². The molecule has 1 fully saturated rings. The van der Waals surface area contributed by atoms with Gasteiger partial charge < -0.3 is 10.1 Å². The molecule has 0 unspecified atom stereocenters. The lowest BCUT2D eigenvalue weighted by molar-refractivity contribution is -0.121. The van der Waals surface area contributed by atoms with Gasteiger partial charge in [-0.2, -0.15) is 0 Å². The normalized spacial score (nSPS) is 16.4. The van der Waals surface area contributed by atoms with E-state index in [1.165, 1.54) is 36.8 Å². The van der Waals surface area contributed by atoms with E-state index in [1.54, 1.807) is 41.8 Å². The number of hydrogen-bond donors (Lipinski definition) is 2. The largest absolute Gasteiger partial charge is 0.497 e. The quantitative estimate of drug-likeness (QED) is 0.523. The molecule has 31 heavy (non-hydrogen) atoms. The van der Waals surface area contributed by atoms with E-state index in [2.05, 4.69) is 15.0 Å². The van der Waals surface area contributed by atoms with Crippen molar-refractivity contribution in [2.24, 2.45) is 0 Å². The fourth-order valence-electron chi connectivity index (χ4n) is 3.13. The second kappa shape index (κ2) is 8.36. The van der Waals surface area contributed by atoms with E-state index in [0.717, 1.165) is 4.90 Å². The molecule has 1 aliphatic heterocycles. The molecular formula is C20H18N4O5S2. The smallest absolute Gasteiger partial charge is 0.263 e. The minimum atomic E-state index is -3.77. The zero-order valence-electron chi connectivity index (χ0n) is 16.3. The zero-order valence-corrected chi connectivity index (χ0v) is 17.9. The number of amides is 2. The van der Waals surface area contributed by atoms with Crippen molar-refractivity contribution in [1.82, 2.24) is 4.98 Å². The second-order valence-corrected chi connectivity index (χ2v) is 9.21. The number of carbonyl (C=O) groups excluding carboxylic acids is 2. The Morgan fingerprint density at radius 3 is 2.42 bits per heavy atom. The molecule has 1 aromatic heterocycles. The van der Waals surface area contributed by atoms with Crippen molar-refractivity contribution in [1.29, 1.82) is 0 Å². The number of hydrogen-bond acceptors (Lipinski definition) is 8. The third kappa shape index (κ3) is 4.37. The van der Waals surface area contributed by atoms with E-state index in [0.29, 0.717) is 17.1 Å². The number of nitrogens with one attached hydrogen (secondary N) is 2. The van der Waals surface area contributed by atoms with Crippen molar-refractivity contribution in [3.05, 3.63) is 60.1 Å². The van der Waals surface area contributed by atoms with Crippen LogP contribution < -0.4 is 19.7 Å². The predicted molar refractivity (Wildman–Crippen MR) is 117 cm³/mol. The highest BCUT2D eigenvalue weighted by Crippen LogP contribution is 2.27. The van der Waals surface area contributed by atoms with E-state index in [9.17, 15) is 18.0 Å². The maximum Gasteiger partial charge on any atom is 0.263 e. The van der Waals surface area contributed by atoms with Gasteiger partial charge in [0, 0.05) is 17.3 Å². The molecule has 9 nitrogen and oxygen atoms in total. The summed E-state index contributed by atoms with van der Waals surface area (Å²) in [4.78, 5) is 30.3. The van der Waals surface area contributed by atoms with Gasteiger partial charge in [0.15, 0.2) is 5.13 Å². The summed E-state index contributed by atoms with van der Waals surface area (Å²) in [5.74, 6) is -0.0753. The zero-order chi connectivity index (χ0) is 22.0. The number of methoxy groups -OCH3 is 1. The first-order valence-corrected chi connectivity index (χ1v) is 11.5. The van der Waals surface area contributed by atoms with Crippen LogP contribution in [0.4, 0.5) is 16.5 Å². The van der Waals surface area contributed by atoms with Crippen LogP contribution in [0.15, 0.2) is 65.0 Å². The van der Waals surface area contributed by atoms with Gasteiger partial charge in [-0.25, -0.2) is 18.3 Å². The van der Waals surface area contributed by atoms with Crippen LogP contribution >= 0.6 is 11.3 Å². The second-order valence-electron chi connectivity index (χ2n) is 6.63. The molecule has 11 heteroatoms. The summed E-state index contributed by atoms with van der Waals surface area (Å²) in [7, 11) is -2.23. The van der Waals surface area contributed by atoms with Crippen LogP contribution in [0.1, 0.15) is 6.42 Å². The Bertz CT molecular complexity index is 1190. The standard InChI is InChI=1S/C20H18N4O5S2/c1-29-15-6-4-14(5-7-15)24-18(25)12-17(19(24)26)22-13-2-8-16(9-3-13)31(27,28)23-20-21-10-11-30-20/h2-11,17,22H,12H2,1H3,(H,21,23)/t17-/m0/s1. The molecule has 0 bridgehead atoms. The average Bonchev–Trinajstić information content (AvgIpc) is 3.36. The lowest BCUT2D eigenvalue weighted by Crippen LogP contribution is -2.34. The number of nitrogens with zero attached hydrogens (tertiary/aromatic N) is 2. The van der Waals surface area contributed by atoms with Gasteiger partial charge in [0.25, 0.3) is 15.9 Å². The third-order valence-electron chi connectivity index (χ3n) is 4.64. The Hall–Kier alpha value is -3.44. The first-order valence-electron chi connectivity index (χ1n) is 9.17. The fraction of sp³-hybridized carbons (Fsp3) is 0.150. The van der Waals surface area contributed by atoms with Gasteiger partial charge in [-0.1, -0.05) is 0 Å². The minimum absolute atomic E-state index is 0.00346. The number of rotatable bonds is 7. The molecule has 1 saturated heterocycles. The molecular weight excluding hydrogens is 440 g/mol. The molecule has 160 valence electrons. The maximum atomic E-state index is 12.8. The number of carbonyl (C=O) groups is 2. The number of ether oxygens (including phenoxy) is 1. The fourth-order valence-corrected chi connectivity index (χ4v) is 4.92. The molecule has 3 aromatic rings. The van der Waals surface area contributed by atoms with Gasteiger partial charge in [0.1, 0.15) is 11.8 Å². The van der Waals surface area contributed by atoms with Crippen molar-refractivity contribution < 1.29 is 22.7 Å². The van der Waals surface area contributed by atoms with Crippen molar-refractivity contribution >= 4 is 49.7 Å². The summed E-state index contributed by atoms with van der Waals surface area (Å²) in [6.07, 6.45) is 1.50. The van der Waals surface area contributed by atoms with Crippen molar-refractivity contribution in [2.45, 2.75) is 17.4 Å². The number of benzene rings is 2. The summed E-state index contributed by atoms with van der Waals surface area (Å²) in [5, 5.41) is 4.95. The minimum Gasteiger partial charge on any atom is -0.497 e. The van der Waals surface area contributed by atoms with Crippen LogP contribution in [0.3, 0.4) is 0 Å². The van der Waals surface area contributed by atoms with Crippen LogP contribution in [0.5, 0.6) is 5.75 Å². The van der Waals surface area contributed by atoms with E-state index < -0.39 is 16.1 Å². The Morgan fingerprint density at radius 2 is 1.81 bits per heavy atom. The summed E-state index contributed by atoms with van der Waals surface area (Å²) in [6, 6.07) is 11.8. The highest BCUT2D eigenvalue weighted by atomic mass is 32.2. The molecule has 0 radical (unpaired) electrons. The summed E-state index contributed by atoms with van der Waals surface area (Å²) in [6.45, 7) is 0. The molecule has 1 atom stereocenters.